The molecule has 2 aliphatic heterocycles. The molecule has 1 N–H and O–H groups in total. The van der Waals surface area contributed by atoms with E-state index in [1.807, 2.05) is 0 Å². The zero-order chi connectivity index (χ0) is 22.2. The molecule has 0 aliphatic carbocycles. The molecule has 4 atom stereocenters. The molecule has 6 nitrogen and oxygen atoms in total. The van der Waals surface area contributed by atoms with Gasteiger partial charge in [0.1, 0.15) is 23.2 Å². The third-order valence-electron chi connectivity index (χ3n) is 6.61. The van der Waals surface area contributed by atoms with E-state index in [0.29, 0.717) is 29.6 Å². The first-order valence-electron chi connectivity index (χ1n) is 11.8. The summed E-state index contributed by atoms with van der Waals surface area (Å²) in [6.07, 6.45) is 12.9. The number of carbonyl (C=O) groups is 1. The van der Waals surface area contributed by atoms with Gasteiger partial charge in [-0.1, -0.05) is 19.3 Å². The summed E-state index contributed by atoms with van der Waals surface area (Å²) >= 11 is 0. The lowest BCUT2D eigenvalue weighted by atomic mass is 9.96. The number of esters is 1. The van der Waals surface area contributed by atoms with Crippen LogP contribution >= 0.6 is 0 Å². The van der Waals surface area contributed by atoms with Gasteiger partial charge in [0.25, 0.3) is 0 Å². The molecule has 4 unspecified atom stereocenters. The predicted octanol–water partition coefficient (Wildman–Crippen LogP) is 5.71. The molecular weight excluding hydrogens is 396 g/mol. The molecule has 2 aliphatic rings. The first kappa shape index (κ1) is 23.9. The van der Waals surface area contributed by atoms with Crippen LogP contribution in [-0.2, 0) is 14.2 Å². The Labute approximate surface area is 186 Å². The topological polar surface area (TPSA) is 74.2 Å². The Hall–Kier alpha value is -1.79. The van der Waals surface area contributed by atoms with E-state index >= 15 is 0 Å². The lowest BCUT2D eigenvalue weighted by molar-refractivity contribution is -0.0622. The Balaban J connectivity index is 1.34. The van der Waals surface area contributed by atoms with Crippen molar-refractivity contribution in [1.29, 1.82) is 0 Å². The molecule has 1 aromatic carbocycles. The standard InChI is InChI=1S/C25H38O6/c1-17(28-2)13-14-20-11-8-10-19(30-20)9-6-4-5-7-12-22-21-15-18(26)16-23(29-3)24(21)25(27)31-22/h15-17,19-20,22,26H,4-14H2,1-3H3. The van der Waals surface area contributed by atoms with Crippen molar-refractivity contribution in [2.45, 2.75) is 102 Å². The van der Waals surface area contributed by atoms with Gasteiger partial charge in [0.2, 0.25) is 0 Å². The molecule has 0 amide bonds. The van der Waals surface area contributed by atoms with Crippen LogP contribution in [0.3, 0.4) is 0 Å². The summed E-state index contributed by atoms with van der Waals surface area (Å²) in [4.78, 5) is 12.2. The number of rotatable bonds is 12. The van der Waals surface area contributed by atoms with Crippen LogP contribution in [0.5, 0.6) is 11.5 Å². The quantitative estimate of drug-likeness (QED) is 0.336. The molecule has 6 heteroatoms. The van der Waals surface area contributed by atoms with Gasteiger partial charge in [-0.15, -0.1) is 0 Å². The number of hydrogen-bond donors (Lipinski definition) is 1. The van der Waals surface area contributed by atoms with Gasteiger partial charge in [-0.05, 0) is 64.4 Å². The van der Waals surface area contributed by atoms with Crippen LogP contribution in [0.4, 0.5) is 0 Å². The van der Waals surface area contributed by atoms with E-state index in [2.05, 4.69) is 6.92 Å². The third-order valence-corrected chi connectivity index (χ3v) is 6.61. The van der Waals surface area contributed by atoms with Crippen molar-refractivity contribution in [1.82, 2.24) is 0 Å². The second-order valence-corrected chi connectivity index (χ2v) is 8.93. The lowest BCUT2D eigenvalue weighted by Crippen LogP contribution is -2.28. The Bertz CT molecular complexity index is 718. The third kappa shape index (κ3) is 6.59. The summed E-state index contributed by atoms with van der Waals surface area (Å²) in [5.41, 5.74) is 1.19. The summed E-state index contributed by atoms with van der Waals surface area (Å²) in [6.45, 7) is 2.12. The summed E-state index contributed by atoms with van der Waals surface area (Å²) in [6, 6.07) is 3.08. The average Bonchev–Trinajstić information content (AvgIpc) is 3.09. The highest BCUT2D eigenvalue weighted by atomic mass is 16.6. The molecule has 0 radical (unpaired) electrons. The first-order chi connectivity index (χ1) is 15.0. The maximum Gasteiger partial charge on any atom is 0.342 e. The van der Waals surface area contributed by atoms with Crippen LogP contribution in [0.15, 0.2) is 12.1 Å². The molecule has 31 heavy (non-hydrogen) atoms. The van der Waals surface area contributed by atoms with Crippen molar-refractivity contribution in [2.75, 3.05) is 14.2 Å². The number of phenols is 1. The Morgan fingerprint density at radius 3 is 2.48 bits per heavy atom. The van der Waals surface area contributed by atoms with E-state index in [1.54, 1.807) is 13.2 Å². The normalized spacial score (nSPS) is 24.0. The molecule has 174 valence electrons. The number of methoxy groups -OCH3 is 2. The van der Waals surface area contributed by atoms with E-state index in [4.69, 9.17) is 18.9 Å². The smallest absolute Gasteiger partial charge is 0.342 e. The minimum atomic E-state index is -0.360. The molecule has 0 aromatic heterocycles. The number of ether oxygens (including phenoxy) is 4. The van der Waals surface area contributed by atoms with E-state index in [9.17, 15) is 9.90 Å². The minimum Gasteiger partial charge on any atom is -0.508 e. The highest BCUT2D eigenvalue weighted by molar-refractivity contribution is 5.97. The van der Waals surface area contributed by atoms with Gasteiger partial charge in [0.15, 0.2) is 0 Å². The van der Waals surface area contributed by atoms with Crippen molar-refractivity contribution in [3.05, 3.63) is 23.3 Å². The number of benzene rings is 1. The Morgan fingerprint density at radius 1 is 1.06 bits per heavy atom. The highest BCUT2D eigenvalue weighted by Crippen LogP contribution is 2.41. The van der Waals surface area contributed by atoms with E-state index < -0.39 is 0 Å². The van der Waals surface area contributed by atoms with Crippen molar-refractivity contribution in [3.8, 4) is 11.5 Å². The van der Waals surface area contributed by atoms with Crippen LogP contribution in [-0.4, -0.2) is 43.6 Å². The SMILES string of the molecule is COc1cc(O)cc2c1C(=O)OC2CCCCCCC1CCCC(CCC(C)OC)O1. The van der Waals surface area contributed by atoms with Gasteiger partial charge in [-0.2, -0.15) is 0 Å². The van der Waals surface area contributed by atoms with E-state index in [0.717, 1.165) is 50.5 Å². The number of phenolic OH excluding ortho intramolecular Hbond substituents is 1. The van der Waals surface area contributed by atoms with Gasteiger partial charge in [0, 0.05) is 18.7 Å². The van der Waals surface area contributed by atoms with E-state index in [1.165, 1.54) is 38.9 Å². The van der Waals surface area contributed by atoms with Gasteiger partial charge in [-0.3, -0.25) is 0 Å². The van der Waals surface area contributed by atoms with E-state index in [-0.39, 0.29) is 17.8 Å². The van der Waals surface area contributed by atoms with Crippen molar-refractivity contribution in [2.24, 2.45) is 0 Å². The van der Waals surface area contributed by atoms with Crippen LogP contribution in [0.25, 0.3) is 0 Å². The summed E-state index contributed by atoms with van der Waals surface area (Å²) in [5.74, 6) is 0.118. The average molecular weight is 435 g/mol. The zero-order valence-electron chi connectivity index (χ0n) is 19.2. The van der Waals surface area contributed by atoms with Crippen LogP contribution in [0.1, 0.15) is 99.6 Å². The number of fused-ring (bicyclic) bond motifs is 1. The largest absolute Gasteiger partial charge is 0.508 e. The van der Waals surface area contributed by atoms with Crippen molar-refractivity contribution in [3.63, 3.8) is 0 Å². The second-order valence-electron chi connectivity index (χ2n) is 8.93. The van der Waals surface area contributed by atoms with Crippen LogP contribution in [0, 0.1) is 0 Å². The molecule has 0 saturated carbocycles. The van der Waals surface area contributed by atoms with Gasteiger partial charge < -0.3 is 24.1 Å². The fourth-order valence-corrected chi connectivity index (χ4v) is 4.72. The summed E-state index contributed by atoms with van der Waals surface area (Å²) in [7, 11) is 3.26. The summed E-state index contributed by atoms with van der Waals surface area (Å²) in [5, 5.41) is 9.90. The first-order valence-corrected chi connectivity index (χ1v) is 11.8. The lowest BCUT2D eigenvalue weighted by Gasteiger charge is -2.30. The number of unbranched alkanes of at least 4 members (excludes halogenated alkanes) is 3. The molecule has 0 bridgehead atoms. The molecular formula is C25H38O6. The van der Waals surface area contributed by atoms with Gasteiger partial charge in [0.05, 0.1) is 25.4 Å². The Morgan fingerprint density at radius 2 is 1.77 bits per heavy atom. The fourth-order valence-electron chi connectivity index (χ4n) is 4.72. The second kappa shape index (κ2) is 11.7. The van der Waals surface area contributed by atoms with Crippen LogP contribution < -0.4 is 4.74 Å². The molecule has 2 heterocycles. The number of carbonyl (C=O) groups excluding carboxylic acids is 1. The summed E-state index contributed by atoms with van der Waals surface area (Å²) < 4.78 is 22.4. The fraction of sp³-hybridized carbons (Fsp3) is 0.720. The maximum atomic E-state index is 12.2. The number of cyclic esters (lactones) is 1. The number of hydrogen-bond acceptors (Lipinski definition) is 6. The molecule has 3 rings (SSSR count). The highest BCUT2D eigenvalue weighted by Gasteiger charge is 2.34. The Kier molecular flexibility index (Phi) is 9.02. The molecule has 1 aromatic rings. The molecule has 1 saturated heterocycles. The monoisotopic (exact) mass is 434 g/mol. The molecule has 0 spiro atoms. The molecule has 1 fully saturated rings. The van der Waals surface area contributed by atoms with Gasteiger partial charge in [-0.25, -0.2) is 4.79 Å². The zero-order valence-corrected chi connectivity index (χ0v) is 19.2. The maximum absolute atomic E-state index is 12.2. The number of aromatic hydroxyl groups is 1. The van der Waals surface area contributed by atoms with Gasteiger partial charge >= 0.3 is 5.97 Å². The van der Waals surface area contributed by atoms with Crippen LogP contribution in [0.2, 0.25) is 0 Å². The van der Waals surface area contributed by atoms with Crippen molar-refractivity contribution >= 4 is 5.97 Å². The predicted molar refractivity (Wildman–Crippen MR) is 119 cm³/mol. The van der Waals surface area contributed by atoms with Crippen molar-refractivity contribution < 1.29 is 28.8 Å². The minimum absolute atomic E-state index is 0.0985.